The van der Waals surface area contributed by atoms with E-state index in [2.05, 4.69) is 124 Å². The average Bonchev–Trinajstić information content (AvgIpc) is 1.60. The zero-order valence-corrected chi connectivity index (χ0v) is 74.3. The number of amides is 2. The van der Waals surface area contributed by atoms with Crippen LogP contribution < -0.4 is 148 Å². The van der Waals surface area contributed by atoms with E-state index >= 15 is 0 Å². The molecule has 0 saturated carbocycles. The number of sulfonamides is 2. The van der Waals surface area contributed by atoms with Gasteiger partial charge in [-0.3, -0.25) is 23.7 Å². The summed E-state index contributed by atoms with van der Waals surface area (Å²) in [5, 5.41) is 39.8. The molecule has 0 spiro atoms. The van der Waals surface area contributed by atoms with Crippen LogP contribution in [0.4, 0.5) is 5.82 Å². The van der Waals surface area contributed by atoms with Gasteiger partial charge >= 0.3 is 103 Å². The van der Waals surface area contributed by atoms with Gasteiger partial charge in [0, 0.05) is 99.8 Å². The number of pyridine rings is 2. The van der Waals surface area contributed by atoms with Crippen LogP contribution in [0.25, 0.3) is 11.6 Å². The summed E-state index contributed by atoms with van der Waals surface area (Å²) in [4.78, 5) is 47.6. The predicted octanol–water partition coefficient (Wildman–Crippen LogP) is 2.11. The fraction of sp³-hybridized carbons (Fsp3) is 0.464. The molecule has 2 amide bonds. The van der Waals surface area contributed by atoms with Crippen LogP contribution in [0.3, 0.4) is 0 Å². The molecule has 105 heavy (non-hydrogen) atoms. The molecule has 0 radical (unpaired) electrons. The minimum atomic E-state index is -4.37. The first-order chi connectivity index (χ1) is 50.6. The number of aromatic nitrogens is 10. The number of carbonyl (C=O) groups excluding carboxylic acids is 3. The molecule has 8 aromatic rings. The molecular weight excluding hydrogens is 1540 g/mol. The van der Waals surface area contributed by atoms with Crippen LogP contribution in [-0.4, -0.2) is 148 Å². The number of anilines is 1. The van der Waals surface area contributed by atoms with E-state index in [1.165, 1.54) is 98.4 Å². The molecular formula is C69H100Cl2K2N14O13S4Si. The molecule has 36 heteroatoms. The molecule has 0 unspecified atom stereocenters. The SMILES string of the molecule is Cc1nn(C)cc1S(=O)(=O)NC(=O)c1ccc(-n2ccc(OCC(C)(C)CO[Si](c3ccccc3)(c3ccccc3)C(C)(C)C)n2)nc1Cl.Cl.O=CO[O-].S.S.[2H]C([2H])([2H])[C@@H]1CN(c2nc(-n3ccc(OCC(C)(C)CO)n3)ccc2C(=O)NS(=O)(=O)c2cn(C)nc2C)C(C)(C)C1([2H])[2H].[2H]C([2H])([2H])[C@@H]1CNC(C)(C)C1([2H])[2H].[H-].[K+].[K+]. The van der Waals surface area contributed by atoms with Gasteiger partial charge in [-0.2, -0.15) is 37.2 Å². The smallest absolute Gasteiger partial charge is 1.00 e. The molecule has 568 valence electrons. The van der Waals surface area contributed by atoms with Crippen LogP contribution in [0.15, 0.2) is 132 Å². The maximum Gasteiger partial charge on any atom is 1.00 e. The Hall–Kier alpha value is -4.10. The van der Waals surface area contributed by atoms with Gasteiger partial charge in [0.25, 0.3) is 46.7 Å². The number of aryl methyl sites for hydroxylation is 4. The van der Waals surface area contributed by atoms with Crippen molar-refractivity contribution in [2.45, 2.75) is 142 Å². The molecule has 2 atom stereocenters. The zero-order chi connectivity index (χ0) is 82.6. The second kappa shape index (κ2) is 40.7. The number of aliphatic hydroxyl groups is 1. The van der Waals surface area contributed by atoms with Crippen molar-refractivity contribution in [3.63, 3.8) is 0 Å². The number of hydrogen-bond acceptors (Lipinski definition) is 21. The molecule has 0 aliphatic carbocycles. The van der Waals surface area contributed by atoms with Crippen molar-refractivity contribution in [2.24, 2.45) is 36.8 Å². The van der Waals surface area contributed by atoms with Gasteiger partial charge in [0.15, 0.2) is 11.6 Å². The number of nitrogens with one attached hydrogen (secondary N) is 3. The Morgan fingerprint density at radius 2 is 1.16 bits per heavy atom. The summed E-state index contributed by atoms with van der Waals surface area (Å²) in [5.41, 5.74) is -3.03. The van der Waals surface area contributed by atoms with Crippen molar-refractivity contribution in [1.29, 1.82) is 0 Å². The predicted molar refractivity (Wildman–Crippen MR) is 409 cm³/mol. The third-order valence-electron chi connectivity index (χ3n) is 15.6. The van der Waals surface area contributed by atoms with Gasteiger partial charge in [0.2, 0.25) is 11.8 Å². The molecule has 2 fully saturated rings. The summed E-state index contributed by atoms with van der Waals surface area (Å²) >= 11 is 6.34. The van der Waals surface area contributed by atoms with Gasteiger partial charge in [0.1, 0.15) is 20.8 Å². The molecule has 4 N–H and O–H groups in total. The molecule has 2 aliphatic heterocycles. The van der Waals surface area contributed by atoms with Gasteiger partial charge < -0.3 is 40.8 Å². The van der Waals surface area contributed by atoms with E-state index in [9.17, 15) is 31.5 Å². The Bertz CT molecular complexity index is 4780. The second-order valence-electron chi connectivity index (χ2n) is 27.4. The Morgan fingerprint density at radius 3 is 1.54 bits per heavy atom. The fourth-order valence-corrected chi connectivity index (χ4v) is 18.1. The number of carbonyl (C=O) groups is 3. The Morgan fingerprint density at radius 1 is 0.714 bits per heavy atom. The third-order valence-corrected chi connectivity index (χ3v) is 23.8. The van der Waals surface area contributed by atoms with Gasteiger partial charge in [-0.1, -0.05) is 134 Å². The first kappa shape index (κ1) is 80.4. The molecule has 0 bridgehead atoms. The summed E-state index contributed by atoms with van der Waals surface area (Å²) in [6.45, 7) is 19.7. The van der Waals surface area contributed by atoms with Crippen LogP contribution in [0, 0.1) is 36.5 Å². The number of rotatable bonds is 22. The zero-order valence-electron chi connectivity index (χ0n) is 72.9. The number of aliphatic hydroxyl groups excluding tert-OH is 1. The monoisotopic (exact) mass is 1650 g/mol. The minimum absolute atomic E-state index is 0. The quantitative estimate of drug-likeness (QED) is 0.0248. The van der Waals surface area contributed by atoms with Crippen molar-refractivity contribution >= 4 is 114 Å². The largest absolute Gasteiger partial charge is 1.00 e. The maximum atomic E-state index is 13.6. The first-order valence-corrected chi connectivity index (χ1v) is 36.7. The van der Waals surface area contributed by atoms with Gasteiger partial charge in [-0.05, 0) is 112 Å². The van der Waals surface area contributed by atoms with Crippen LogP contribution in [0.2, 0.25) is 10.2 Å². The van der Waals surface area contributed by atoms with E-state index in [0.29, 0.717) is 24.9 Å². The molecule has 2 saturated heterocycles. The molecule has 6 aromatic heterocycles. The van der Waals surface area contributed by atoms with E-state index in [4.69, 9.17) is 49.3 Å². The summed E-state index contributed by atoms with van der Waals surface area (Å²) in [6, 6.07) is 29.9. The number of benzene rings is 2. The second-order valence-corrected chi connectivity index (χ2v) is 35.4. The van der Waals surface area contributed by atoms with E-state index in [1.54, 1.807) is 52.5 Å². The van der Waals surface area contributed by atoms with Gasteiger partial charge in [0.05, 0.1) is 42.3 Å². The van der Waals surface area contributed by atoms with Gasteiger partial charge in [-0.25, -0.2) is 45.6 Å². The van der Waals surface area contributed by atoms with Crippen molar-refractivity contribution in [3.05, 3.63) is 150 Å². The summed E-state index contributed by atoms with van der Waals surface area (Å²) in [6.07, 6.45) is 1.84. The fourth-order valence-electron chi connectivity index (χ4n) is 10.7. The Labute approximate surface area is 744 Å². The minimum Gasteiger partial charge on any atom is -1.00 e. The van der Waals surface area contributed by atoms with Gasteiger partial charge in [-0.15, -0.1) is 22.6 Å². The van der Waals surface area contributed by atoms with E-state index in [-0.39, 0.29) is 242 Å². The van der Waals surface area contributed by atoms with Crippen LogP contribution in [-0.2, 0) is 48.3 Å². The van der Waals surface area contributed by atoms with Crippen LogP contribution >= 0.6 is 51.0 Å². The molecule has 27 nitrogen and oxygen atoms in total. The van der Waals surface area contributed by atoms with Crippen molar-refractivity contribution in [2.75, 3.05) is 44.4 Å². The average molecular weight is 1650 g/mol. The van der Waals surface area contributed by atoms with Crippen LogP contribution in [0.1, 0.15) is 150 Å². The number of hydrogen-bond donors (Lipinski definition) is 4. The standard InChI is InChI=1S/C35H41ClN6O5SSi.C26H37N7O5S.C7H15N.CH2O3.ClH.2K.2H2S.H/c1-25-29(22-41(7)38-25)48(44,45)40-33(43)28-18-19-30(37-32(28)36)42-21-20-31(39-42)46-23-35(5,6)24-47-49(34(2,3)4,26-14-10-8-11-15-26)27-16-12-9-13-17-27;1-17-12-26(5,6)32(13-17)23-19(24(35)30-39(36,37)20-14-31(7)28-18(20)2)8-9-21(27-23)33-11-10-22(29-33)38-16-25(3,4)15-34;1-6-4-7(2,3)8-5-6;2-1-4-3;;;;;;/h8-22H,23-24H2,1-7H3,(H,40,43);8-11,14,17,34H,12-13,15-16H2,1-7H3,(H,30,35);6,8H,4-5H2,1-3H3;1,3H;1H;;;2*1H2;/q;;;;;2*+1;;;-1/p-1/t;17-;6-;;;;;;;/m.00......./s1/i;1D3,12D2;1D3,4D2;;;;;;;. The molecule has 8 heterocycles. The van der Waals surface area contributed by atoms with Crippen molar-refractivity contribution < 1.29 is 178 Å². The number of halogens is 2. The summed E-state index contributed by atoms with van der Waals surface area (Å²) < 4.78 is 159. The Kier molecular flexibility index (Phi) is 31.2. The third kappa shape index (κ3) is 26.0. The number of ether oxygens (including phenoxy) is 2. The molecule has 2 aromatic carbocycles. The van der Waals surface area contributed by atoms with Crippen molar-refractivity contribution in [1.82, 2.24) is 63.9 Å². The maximum absolute atomic E-state index is 13.6. The topological polar surface area (TPSA) is 336 Å². The van der Waals surface area contributed by atoms with Crippen LogP contribution in [0.5, 0.6) is 11.8 Å². The molecule has 10 rings (SSSR count). The summed E-state index contributed by atoms with van der Waals surface area (Å²) in [7, 11) is -8.13. The first-order valence-electron chi connectivity index (χ1n) is 36.4. The van der Waals surface area contributed by atoms with E-state index in [0.717, 1.165) is 0 Å². The normalized spacial score (nSPS) is 17.9. The summed E-state index contributed by atoms with van der Waals surface area (Å²) in [5.74, 6) is -3.35. The number of nitrogens with zero attached hydrogens (tertiary/aromatic N) is 11. The van der Waals surface area contributed by atoms with Crippen molar-refractivity contribution in [3.8, 4) is 23.4 Å². The Balaban J connectivity index is 0.000000926. The van der Waals surface area contributed by atoms with E-state index < -0.39 is 95.0 Å². The van der Waals surface area contributed by atoms with E-state index in [1.807, 2.05) is 35.4 Å². The molecule has 2 aliphatic rings.